The standard InChI is InChI=1S/C15H17N3O/c1-19-14-8-9-16-15(18-14)17-13-7-6-11-4-2-3-5-12(11)10-13/h2-5,8-9,13H,6-7,10H2,1H3,(H,16,17,18). The maximum absolute atomic E-state index is 5.11. The normalized spacial score (nSPS) is 17.6. The van der Waals surface area contributed by atoms with Crippen LogP contribution in [-0.2, 0) is 12.8 Å². The highest BCUT2D eigenvalue weighted by molar-refractivity contribution is 5.35. The van der Waals surface area contributed by atoms with Gasteiger partial charge >= 0.3 is 0 Å². The molecule has 1 aromatic carbocycles. The molecule has 3 rings (SSSR count). The van der Waals surface area contributed by atoms with Crippen molar-refractivity contribution in [3.05, 3.63) is 47.7 Å². The number of nitrogens with one attached hydrogen (secondary N) is 1. The van der Waals surface area contributed by atoms with E-state index in [1.165, 1.54) is 11.1 Å². The Morgan fingerprint density at radius 1 is 1.21 bits per heavy atom. The van der Waals surface area contributed by atoms with Crippen LogP contribution in [0.5, 0.6) is 5.88 Å². The molecule has 0 fully saturated rings. The van der Waals surface area contributed by atoms with Crippen molar-refractivity contribution >= 4 is 5.95 Å². The number of anilines is 1. The van der Waals surface area contributed by atoms with E-state index in [0.717, 1.165) is 19.3 Å². The Bertz CT molecular complexity index is 571. The van der Waals surface area contributed by atoms with Crippen molar-refractivity contribution in [2.24, 2.45) is 0 Å². The number of nitrogens with zero attached hydrogens (tertiary/aromatic N) is 2. The van der Waals surface area contributed by atoms with Crippen LogP contribution in [-0.4, -0.2) is 23.1 Å². The molecule has 1 aliphatic carbocycles. The summed E-state index contributed by atoms with van der Waals surface area (Å²) in [7, 11) is 1.61. The molecule has 1 aromatic heterocycles. The summed E-state index contributed by atoms with van der Waals surface area (Å²) in [5.74, 6) is 1.23. The molecule has 0 radical (unpaired) electrons. The Balaban J connectivity index is 1.71. The fraction of sp³-hybridized carbons (Fsp3) is 0.333. The molecular weight excluding hydrogens is 238 g/mol. The van der Waals surface area contributed by atoms with Gasteiger partial charge in [-0.25, -0.2) is 4.98 Å². The molecule has 0 aliphatic heterocycles. The number of methoxy groups -OCH3 is 1. The monoisotopic (exact) mass is 255 g/mol. The average molecular weight is 255 g/mol. The van der Waals surface area contributed by atoms with Gasteiger partial charge in [-0.1, -0.05) is 24.3 Å². The van der Waals surface area contributed by atoms with Gasteiger partial charge in [0.25, 0.3) is 0 Å². The lowest BCUT2D eigenvalue weighted by Gasteiger charge is -2.25. The lowest BCUT2D eigenvalue weighted by atomic mass is 9.88. The van der Waals surface area contributed by atoms with Crippen LogP contribution >= 0.6 is 0 Å². The van der Waals surface area contributed by atoms with E-state index in [9.17, 15) is 0 Å². The van der Waals surface area contributed by atoms with E-state index in [1.807, 2.05) is 0 Å². The van der Waals surface area contributed by atoms with Crippen molar-refractivity contribution in [1.29, 1.82) is 0 Å². The summed E-state index contributed by atoms with van der Waals surface area (Å²) in [5.41, 5.74) is 2.89. The zero-order valence-electron chi connectivity index (χ0n) is 11.0. The second-order valence-corrected chi connectivity index (χ2v) is 4.78. The van der Waals surface area contributed by atoms with Gasteiger partial charge in [0, 0.05) is 18.3 Å². The van der Waals surface area contributed by atoms with Gasteiger partial charge in [-0.05, 0) is 30.4 Å². The summed E-state index contributed by atoms with van der Waals surface area (Å²) in [4.78, 5) is 8.53. The van der Waals surface area contributed by atoms with Crippen LogP contribution in [0.4, 0.5) is 5.95 Å². The van der Waals surface area contributed by atoms with E-state index in [2.05, 4.69) is 39.6 Å². The summed E-state index contributed by atoms with van der Waals surface area (Å²) < 4.78 is 5.11. The van der Waals surface area contributed by atoms with Crippen molar-refractivity contribution in [2.45, 2.75) is 25.3 Å². The van der Waals surface area contributed by atoms with Crippen molar-refractivity contribution in [3.63, 3.8) is 0 Å². The molecule has 4 heteroatoms. The highest BCUT2D eigenvalue weighted by Crippen LogP contribution is 2.23. The predicted octanol–water partition coefficient (Wildman–Crippen LogP) is 2.45. The van der Waals surface area contributed by atoms with Gasteiger partial charge in [0.1, 0.15) is 0 Å². The second-order valence-electron chi connectivity index (χ2n) is 4.78. The third-order valence-electron chi connectivity index (χ3n) is 3.52. The fourth-order valence-electron chi connectivity index (χ4n) is 2.53. The third kappa shape index (κ3) is 2.67. The third-order valence-corrected chi connectivity index (χ3v) is 3.52. The van der Waals surface area contributed by atoms with Crippen LogP contribution in [0.3, 0.4) is 0 Å². The van der Waals surface area contributed by atoms with Gasteiger partial charge < -0.3 is 10.1 Å². The zero-order chi connectivity index (χ0) is 13.1. The van der Waals surface area contributed by atoms with Crippen molar-refractivity contribution in [2.75, 3.05) is 12.4 Å². The molecule has 0 amide bonds. The predicted molar refractivity (Wildman–Crippen MR) is 74.5 cm³/mol. The molecule has 1 heterocycles. The van der Waals surface area contributed by atoms with Crippen molar-refractivity contribution in [1.82, 2.24) is 9.97 Å². The lowest BCUT2D eigenvalue weighted by molar-refractivity contribution is 0.397. The van der Waals surface area contributed by atoms with E-state index in [-0.39, 0.29) is 0 Å². The quantitative estimate of drug-likeness (QED) is 0.915. The Morgan fingerprint density at radius 2 is 2.05 bits per heavy atom. The van der Waals surface area contributed by atoms with E-state index < -0.39 is 0 Å². The van der Waals surface area contributed by atoms with Crippen molar-refractivity contribution < 1.29 is 4.74 Å². The van der Waals surface area contributed by atoms with Gasteiger partial charge in [0.05, 0.1) is 7.11 Å². The van der Waals surface area contributed by atoms with E-state index in [0.29, 0.717) is 17.9 Å². The topological polar surface area (TPSA) is 47.0 Å². The molecular formula is C15H17N3O. The summed E-state index contributed by atoms with van der Waals surface area (Å²) in [6.45, 7) is 0. The van der Waals surface area contributed by atoms with Crippen molar-refractivity contribution in [3.8, 4) is 5.88 Å². The van der Waals surface area contributed by atoms with Gasteiger partial charge in [-0.15, -0.1) is 0 Å². The molecule has 1 N–H and O–H groups in total. The average Bonchev–Trinajstić information content (AvgIpc) is 2.47. The molecule has 1 atom stereocenters. The van der Waals surface area contributed by atoms with Crippen LogP contribution in [0, 0.1) is 0 Å². The highest BCUT2D eigenvalue weighted by atomic mass is 16.5. The first-order valence-electron chi connectivity index (χ1n) is 6.55. The molecule has 98 valence electrons. The minimum Gasteiger partial charge on any atom is -0.481 e. The molecule has 4 nitrogen and oxygen atoms in total. The summed E-state index contributed by atoms with van der Waals surface area (Å²) in [5, 5.41) is 3.39. The van der Waals surface area contributed by atoms with Gasteiger partial charge in [0.15, 0.2) is 0 Å². The SMILES string of the molecule is COc1ccnc(NC2CCc3ccccc3C2)n1. The van der Waals surface area contributed by atoms with Gasteiger partial charge in [0.2, 0.25) is 11.8 Å². The Morgan fingerprint density at radius 3 is 2.89 bits per heavy atom. The number of rotatable bonds is 3. The first kappa shape index (κ1) is 12.0. The van der Waals surface area contributed by atoms with Crippen LogP contribution in [0.1, 0.15) is 17.5 Å². The minimum atomic E-state index is 0.391. The zero-order valence-corrected chi connectivity index (χ0v) is 11.0. The van der Waals surface area contributed by atoms with Crippen LogP contribution in [0.2, 0.25) is 0 Å². The smallest absolute Gasteiger partial charge is 0.226 e. The van der Waals surface area contributed by atoms with Crippen LogP contribution in [0.15, 0.2) is 36.5 Å². The Hall–Kier alpha value is -2.10. The molecule has 0 spiro atoms. The number of hydrogen-bond acceptors (Lipinski definition) is 4. The summed E-state index contributed by atoms with van der Waals surface area (Å²) in [6.07, 6.45) is 4.96. The van der Waals surface area contributed by atoms with Gasteiger partial charge in [-0.2, -0.15) is 4.98 Å². The molecule has 0 saturated heterocycles. The number of benzene rings is 1. The number of ether oxygens (including phenoxy) is 1. The maximum atomic E-state index is 5.11. The Labute approximate surface area is 112 Å². The first-order valence-corrected chi connectivity index (χ1v) is 6.55. The number of aryl methyl sites for hydroxylation is 1. The maximum Gasteiger partial charge on any atom is 0.226 e. The summed E-state index contributed by atoms with van der Waals surface area (Å²) >= 11 is 0. The van der Waals surface area contributed by atoms with Crippen LogP contribution in [0.25, 0.3) is 0 Å². The molecule has 0 bridgehead atoms. The number of aromatic nitrogens is 2. The lowest BCUT2D eigenvalue weighted by Crippen LogP contribution is -2.28. The number of hydrogen-bond donors (Lipinski definition) is 1. The number of fused-ring (bicyclic) bond motifs is 1. The molecule has 19 heavy (non-hydrogen) atoms. The summed E-state index contributed by atoms with van der Waals surface area (Å²) in [6, 6.07) is 10.8. The molecule has 1 aliphatic rings. The van der Waals surface area contributed by atoms with E-state index >= 15 is 0 Å². The van der Waals surface area contributed by atoms with Gasteiger partial charge in [-0.3, -0.25) is 0 Å². The molecule has 2 aromatic rings. The molecule has 0 saturated carbocycles. The van der Waals surface area contributed by atoms with E-state index in [4.69, 9.17) is 4.74 Å². The largest absolute Gasteiger partial charge is 0.481 e. The Kier molecular flexibility index (Phi) is 3.31. The second kappa shape index (κ2) is 5.26. The molecule has 1 unspecified atom stereocenters. The minimum absolute atomic E-state index is 0.391. The highest BCUT2D eigenvalue weighted by Gasteiger charge is 2.18. The fourth-order valence-corrected chi connectivity index (χ4v) is 2.53. The van der Waals surface area contributed by atoms with E-state index in [1.54, 1.807) is 19.4 Å². The first-order chi connectivity index (χ1) is 9.35. The van der Waals surface area contributed by atoms with Crippen LogP contribution < -0.4 is 10.1 Å².